The molecule has 1 rings (SSSR count). The quantitative estimate of drug-likeness (QED) is 0.614. The third kappa shape index (κ3) is 1.50. The second-order valence-electron chi connectivity index (χ2n) is 3.39. The summed E-state index contributed by atoms with van der Waals surface area (Å²) in [6, 6.07) is 0.755. The van der Waals surface area contributed by atoms with Crippen molar-refractivity contribution in [3.63, 3.8) is 0 Å². The maximum Gasteiger partial charge on any atom is 0.0130 e. The molecule has 1 heterocycles. The minimum atomic E-state index is 0.755. The van der Waals surface area contributed by atoms with E-state index in [1.807, 2.05) is 0 Å². The molecule has 2 N–H and O–H groups in total. The van der Waals surface area contributed by atoms with Crippen molar-refractivity contribution in [1.29, 1.82) is 0 Å². The average molecular weight is 142 g/mol. The molecule has 0 aromatic carbocycles. The van der Waals surface area contributed by atoms with Crippen LogP contribution in [0.2, 0.25) is 0 Å². The molecule has 2 nitrogen and oxygen atoms in total. The minimum Gasteiger partial charge on any atom is -0.330 e. The molecule has 10 heavy (non-hydrogen) atoms. The largest absolute Gasteiger partial charge is 0.330 e. The van der Waals surface area contributed by atoms with E-state index in [1.54, 1.807) is 0 Å². The molecule has 0 saturated carbocycles. The monoisotopic (exact) mass is 142 g/mol. The van der Waals surface area contributed by atoms with Gasteiger partial charge in [-0.2, -0.15) is 0 Å². The molecular formula is C8H18N2. The van der Waals surface area contributed by atoms with Gasteiger partial charge in [0.25, 0.3) is 0 Å². The Kier molecular flexibility index (Phi) is 2.69. The molecule has 0 aromatic heterocycles. The molecule has 0 amide bonds. The lowest BCUT2D eigenvalue weighted by Crippen LogP contribution is -2.30. The predicted molar refractivity (Wildman–Crippen MR) is 43.9 cm³/mol. The molecular weight excluding hydrogens is 124 g/mol. The maximum atomic E-state index is 5.51. The lowest BCUT2D eigenvalue weighted by Gasteiger charge is -2.21. The minimum absolute atomic E-state index is 0.755. The van der Waals surface area contributed by atoms with Gasteiger partial charge in [0.1, 0.15) is 0 Å². The molecule has 60 valence electrons. The molecule has 0 bridgehead atoms. The lowest BCUT2D eigenvalue weighted by molar-refractivity contribution is 0.268. The predicted octanol–water partition coefficient (Wildman–Crippen LogP) is 0.675. The fourth-order valence-electron chi connectivity index (χ4n) is 1.88. The van der Waals surface area contributed by atoms with Crippen LogP contribution in [-0.4, -0.2) is 31.1 Å². The first-order chi connectivity index (χ1) is 4.75. The van der Waals surface area contributed by atoms with Gasteiger partial charge in [-0.1, -0.05) is 6.92 Å². The van der Waals surface area contributed by atoms with Gasteiger partial charge in [-0.05, 0) is 38.9 Å². The highest BCUT2D eigenvalue weighted by molar-refractivity contribution is 4.82. The zero-order valence-corrected chi connectivity index (χ0v) is 7.01. The van der Waals surface area contributed by atoms with Crippen LogP contribution >= 0.6 is 0 Å². The van der Waals surface area contributed by atoms with E-state index in [2.05, 4.69) is 18.9 Å². The molecule has 2 heteroatoms. The van der Waals surface area contributed by atoms with Crippen LogP contribution in [0.15, 0.2) is 0 Å². The van der Waals surface area contributed by atoms with E-state index < -0.39 is 0 Å². The summed E-state index contributed by atoms with van der Waals surface area (Å²) < 4.78 is 0. The Bertz CT molecular complexity index is 93.4. The summed E-state index contributed by atoms with van der Waals surface area (Å²) in [5.41, 5.74) is 5.51. The number of nitrogens with two attached hydrogens (primary N) is 1. The van der Waals surface area contributed by atoms with Gasteiger partial charge in [0.05, 0.1) is 0 Å². The SMILES string of the molecule is CC1CCN(C)C1CCN. The van der Waals surface area contributed by atoms with Crippen molar-refractivity contribution in [3.8, 4) is 0 Å². The van der Waals surface area contributed by atoms with Crippen LogP contribution in [0.3, 0.4) is 0 Å². The summed E-state index contributed by atoms with van der Waals surface area (Å²) in [4.78, 5) is 2.43. The summed E-state index contributed by atoms with van der Waals surface area (Å²) in [6.45, 7) is 4.41. The van der Waals surface area contributed by atoms with Crippen molar-refractivity contribution in [2.24, 2.45) is 11.7 Å². The van der Waals surface area contributed by atoms with Gasteiger partial charge in [-0.3, -0.25) is 0 Å². The van der Waals surface area contributed by atoms with Crippen molar-refractivity contribution in [2.75, 3.05) is 20.1 Å². The van der Waals surface area contributed by atoms with Crippen LogP contribution in [-0.2, 0) is 0 Å². The normalized spacial score (nSPS) is 35.1. The van der Waals surface area contributed by atoms with Gasteiger partial charge in [-0.15, -0.1) is 0 Å². The molecule has 0 aromatic rings. The second-order valence-corrected chi connectivity index (χ2v) is 3.39. The number of nitrogens with zero attached hydrogens (tertiary/aromatic N) is 1. The highest BCUT2D eigenvalue weighted by Gasteiger charge is 2.26. The Morgan fingerprint density at radius 2 is 2.30 bits per heavy atom. The Labute approximate surface area is 63.4 Å². The number of rotatable bonds is 2. The summed E-state index contributed by atoms with van der Waals surface area (Å²) in [5, 5.41) is 0. The van der Waals surface area contributed by atoms with Crippen molar-refractivity contribution < 1.29 is 0 Å². The highest BCUT2D eigenvalue weighted by atomic mass is 15.2. The van der Waals surface area contributed by atoms with E-state index in [4.69, 9.17) is 5.73 Å². The van der Waals surface area contributed by atoms with Crippen LogP contribution in [0, 0.1) is 5.92 Å². The first-order valence-electron chi connectivity index (χ1n) is 4.16. The summed E-state index contributed by atoms with van der Waals surface area (Å²) >= 11 is 0. The van der Waals surface area contributed by atoms with E-state index in [1.165, 1.54) is 13.0 Å². The number of hydrogen-bond acceptors (Lipinski definition) is 2. The summed E-state index contributed by atoms with van der Waals surface area (Å²) in [5.74, 6) is 0.855. The van der Waals surface area contributed by atoms with Crippen LogP contribution in [0.5, 0.6) is 0 Å². The van der Waals surface area contributed by atoms with Crippen molar-refractivity contribution in [2.45, 2.75) is 25.8 Å². The van der Waals surface area contributed by atoms with Crippen molar-refractivity contribution in [3.05, 3.63) is 0 Å². The topological polar surface area (TPSA) is 29.3 Å². The Morgan fingerprint density at radius 3 is 2.70 bits per heavy atom. The first kappa shape index (κ1) is 8.02. The third-order valence-corrected chi connectivity index (χ3v) is 2.62. The third-order valence-electron chi connectivity index (χ3n) is 2.62. The van der Waals surface area contributed by atoms with Crippen molar-refractivity contribution in [1.82, 2.24) is 4.90 Å². The molecule has 1 aliphatic rings. The smallest absolute Gasteiger partial charge is 0.0130 e. The Balaban J connectivity index is 2.38. The number of hydrogen-bond donors (Lipinski definition) is 1. The molecule has 1 fully saturated rings. The van der Waals surface area contributed by atoms with Gasteiger partial charge < -0.3 is 10.6 Å². The van der Waals surface area contributed by atoms with E-state index in [9.17, 15) is 0 Å². The molecule has 2 atom stereocenters. The van der Waals surface area contributed by atoms with Gasteiger partial charge in [-0.25, -0.2) is 0 Å². The maximum absolute atomic E-state index is 5.51. The standard InChI is InChI=1S/C8H18N2/c1-7-4-6-10(2)8(7)3-5-9/h7-8H,3-6,9H2,1-2H3. The number of likely N-dealkylation sites (tertiary alicyclic amines) is 1. The fraction of sp³-hybridized carbons (Fsp3) is 1.00. The first-order valence-corrected chi connectivity index (χ1v) is 4.16. The molecule has 1 aliphatic heterocycles. The van der Waals surface area contributed by atoms with E-state index in [-0.39, 0.29) is 0 Å². The fourth-order valence-corrected chi connectivity index (χ4v) is 1.88. The van der Waals surface area contributed by atoms with Gasteiger partial charge in [0.15, 0.2) is 0 Å². The van der Waals surface area contributed by atoms with E-state index >= 15 is 0 Å². The molecule has 0 spiro atoms. The van der Waals surface area contributed by atoms with Gasteiger partial charge >= 0.3 is 0 Å². The van der Waals surface area contributed by atoms with Crippen LogP contribution in [0.1, 0.15) is 19.8 Å². The van der Waals surface area contributed by atoms with Crippen molar-refractivity contribution >= 4 is 0 Å². The zero-order chi connectivity index (χ0) is 7.56. The Hall–Kier alpha value is -0.0800. The lowest BCUT2D eigenvalue weighted by atomic mass is 10.0. The van der Waals surface area contributed by atoms with E-state index in [0.717, 1.165) is 24.9 Å². The van der Waals surface area contributed by atoms with Gasteiger partial charge in [0, 0.05) is 6.04 Å². The molecule has 0 radical (unpaired) electrons. The average Bonchev–Trinajstić information content (AvgIpc) is 2.20. The summed E-state index contributed by atoms with van der Waals surface area (Å²) in [7, 11) is 2.20. The molecule has 2 unspecified atom stereocenters. The zero-order valence-electron chi connectivity index (χ0n) is 7.01. The second kappa shape index (κ2) is 3.35. The van der Waals surface area contributed by atoms with Crippen LogP contribution in [0.25, 0.3) is 0 Å². The van der Waals surface area contributed by atoms with E-state index in [0.29, 0.717) is 0 Å². The molecule has 0 aliphatic carbocycles. The van der Waals surface area contributed by atoms with Crippen LogP contribution < -0.4 is 5.73 Å². The highest BCUT2D eigenvalue weighted by Crippen LogP contribution is 2.23. The van der Waals surface area contributed by atoms with Gasteiger partial charge in [0.2, 0.25) is 0 Å². The Morgan fingerprint density at radius 1 is 1.60 bits per heavy atom. The summed E-state index contributed by atoms with van der Waals surface area (Å²) in [6.07, 6.45) is 2.51. The van der Waals surface area contributed by atoms with Crippen LogP contribution in [0.4, 0.5) is 0 Å². The molecule has 1 saturated heterocycles.